The number of thiophene rings is 1. The first-order valence-corrected chi connectivity index (χ1v) is 20.9. The Morgan fingerprint density at radius 1 is 0.396 bits per heavy atom. The van der Waals surface area contributed by atoms with Crippen LogP contribution in [0.25, 0.3) is 41.8 Å². The first kappa shape index (κ1) is 31.4. The molecule has 0 aliphatic carbocycles. The number of nitrogens with zero attached hydrogens (tertiary/aromatic N) is 2. The predicted molar refractivity (Wildman–Crippen MR) is 230 cm³/mol. The molecule has 0 N–H and O–H groups in total. The van der Waals surface area contributed by atoms with E-state index in [1.165, 1.54) is 57.1 Å². The van der Waals surface area contributed by atoms with E-state index >= 15 is 0 Å². The van der Waals surface area contributed by atoms with Gasteiger partial charge in [0.25, 0.3) is 0 Å². The highest BCUT2D eigenvalue weighted by Crippen LogP contribution is 2.41. The molecule has 0 radical (unpaired) electrons. The number of hydrogen-bond acceptors (Lipinski definition) is 3. The van der Waals surface area contributed by atoms with Crippen LogP contribution in [0.2, 0.25) is 0 Å². The smallest absolute Gasteiger partial charge is 0.179 e. The molecule has 0 unspecified atom stereocenters. The molecule has 0 fully saturated rings. The molecule has 2 nitrogen and oxygen atoms in total. The molecule has 2 aromatic heterocycles. The summed E-state index contributed by atoms with van der Waals surface area (Å²) in [5, 5.41) is 11.5. The maximum absolute atomic E-state index is 5.04. The van der Waals surface area contributed by atoms with E-state index in [9.17, 15) is 0 Å². The third-order valence-electron chi connectivity index (χ3n) is 10.6. The summed E-state index contributed by atoms with van der Waals surface area (Å²) in [6.45, 7) is 0. The van der Waals surface area contributed by atoms with Gasteiger partial charge in [-0.25, -0.2) is 0 Å². The summed E-state index contributed by atoms with van der Waals surface area (Å²) in [5.74, 6) is 0. The van der Waals surface area contributed by atoms with Crippen LogP contribution in [0.5, 0.6) is 0 Å². The van der Waals surface area contributed by atoms with Crippen LogP contribution in [0.15, 0.2) is 206 Å². The molecule has 53 heavy (non-hydrogen) atoms. The number of aromatic nitrogens is 1. The molecule has 0 atom stereocenters. The zero-order valence-corrected chi connectivity index (χ0v) is 30.7. The minimum atomic E-state index is -2.66. The first-order chi connectivity index (χ1) is 26.3. The van der Waals surface area contributed by atoms with E-state index in [0.717, 1.165) is 22.6 Å². The molecular weight excluding hydrogens is 677 g/mol. The van der Waals surface area contributed by atoms with Gasteiger partial charge in [0.2, 0.25) is 0 Å². The number of pyridine rings is 1. The Kier molecular flexibility index (Phi) is 7.71. The van der Waals surface area contributed by atoms with Crippen LogP contribution < -0.4 is 25.6 Å². The molecule has 10 rings (SSSR count). The van der Waals surface area contributed by atoms with E-state index in [0.29, 0.717) is 0 Å². The van der Waals surface area contributed by atoms with Crippen molar-refractivity contribution in [3.05, 3.63) is 206 Å². The van der Waals surface area contributed by atoms with Crippen LogP contribution in [-0.2, 0) is 0 Å². The summed E-state index contributed by atoms with van der Waals surface area (Å²) in [7, 11) is -2.66. The molecule has 0 bridgehead atoms. The normalized spacial score (nSPS) is 11.8. The zero-order valence-electron chi connectivity index (χ0n) is 28.9. The minimum Gasteiger partial charge on any atom is -0.310 e. The summed E-state index contributed by atoms with van der Waals surface area (Å²) < 4.78 is 2.58. The van der Waals surface area contributed by atoms with Gasteiger partial charge in [-0.15, -0.1) is 11.3 Å². The summed E-state index contributed by atoms with van der Waals surface area (Å²) >= 11 is 1.85. The highest BCUT2D eigenvalue weighted by Gasteiger charge is 2.41. The molecule has 0 aliphatic heterocycles. The largest absolute Gasteiger partial charge is 0.310 e. The predicted octanol–water partition coefficient (Wildman–Crippen LogP) is 10.6. The average Bonchev–Trinajstić information content (AvgIpc) is 3.62. The Balaban J connectivity index is 1.17. The van der Waals surface area contributed by atoms with Gasteiger partial charge in [0.05, 0.1) is 5.52 Å². The van der Waals surface area contributed by atoms with Crippen molar-refractivity contribution < 1.29 is 0 Å². The van der Waals surface area contributed by atoms with Gasteiger partial charge in [0.15, 0.2) is 8.07 Å². The van der Waals surface area contributed by atoms with E-state index < -0.39 is 8.07 Å². The van der Waals surface area contributed by atoms with Crippen molar-refractivity contribution in [1.82, 2.24) is 4.98 Å². The fraction of sp³-hybridized carbons (Fsp3) is 0. The van der Waals surface area contributed by atoms with Crippen LogP contribution in [-0.4, -0.2) is 13.1 Å². The monoisotopic (exact) mass is 710 g/mol. The van der Waals surface area contributed by atoms with E-state index in [4.69, 9.17) is 4.98 Å². The lowest BCUT2D eigenvalue weighted by Gasteiger charge is -2.35. The van der Waals surface area contributed by atoms with Crippen molar-refractivity contribution in [2.45, 2.75) is 0 Å². The second kappa shape index (κ2) is 13.0. The lowest BCUT2D eigenvalue weighted by Crippen LogP contribution is -2.74. The lowest BCUT2D eigenvalue weighted by atomic mass is 10.1. The Morgan fingerprint density at radius 3 is 1.60 bits per heavy atom. The molecule has 0 spiro atoms. The molecule has 0 saturated heterocycles. The van der Waals surface area contributed by atoms with Crippen molar-refractivity contribution in [2.24, 2.45) is 0 Å². The van der Waals surface area contributed by atoms with Crippen LogP contribution in [0, 0.1) is 0 Å². The van der Waals surface area contributed by atoms with Gasteiger partial charge in [0.1, 0.15) is 0 Å². The van der Waals surface area contributed by atoms with E-state index in [1.807, 2.05) is 11.3 Å². The second-order valence-corrected chi connectivity index (χ2v) is 18.4. The fourth-order valence-corrected chi connectivity index (χ4v) is 14.1. The van der Waals surface area contributed by atoms with Crippen LogP contribution >= 0.6 is 11.3 Å². The number of anilines is 3. The fourth-order valence-electron chi connectivity index (χ4n) is 8.17. The summed E-state index contributed by atoms with van der Waals surface area (Å²) in [5.41, 5.74) is 4.28. The number of fused-ring (bicyclic) bond motifs is 6. The van der Waals surface area contributed by atoms with Crippen molar-refractivity contribution >= 4 is 99.1 Å². The van der Waals surface area contributed by atoms with Crippen molar-refractivity contribution in [3.63, 3.8) is 0 Å². The molecule has 0 aliphatic rings. The highest BCUT2D eigenvalue weighted by molar-refractivity contribution is 7.26. The van der Waals surface area contributed by atoms with Gasteiger partial charge < -0.3 is 4.90 Å². The lowest BCUT2D eigenvalue weighted by molar-refractivity contribution is 1.29. The Bertz CT molecular complexity index is 2790. The minimum absolute atomic E-state index is 0.993. The van der Waals surface area contributed by atoms with Crippen molar-refractivity contribution in [1.29, 1.82) is 0 Å². The molecule has 10 aromatic rings. The highest BCUT2D eigenvalue weighted by atomic mass is 32.1. The van der Waals surface area contributed by atoms with Gasteiger partial charge in [-0.1, -0.05) is 152 Å². The average molecular weight is 711 g/mol. The molecule has 8 aromatic carbocycles. The Morgan fingerprint density at radius 2 is 0.925 bits per heavy atom. The Labute approximate surface area is 313 Å². The van der Waals surface area contributed by atoms with Gasteiger partial charge in [-0.3, -0.25) is 4.98 Å². The molecule has 0 amide bonds. The number of hydrogen-bond donors (Lipinski definition) is 0. The van der Waals surface area contributed by atoms with Crippen molar-refractivity contribution in [3.8, 4) is 0 Å². The van der Waals surface area contributed by atoms with Gasteiger partial charge in [0, 0.05) is 48.8 Å². The van der Waals surface area contributed by atoms with Gasteiger partial charge in [-0.2, -0.15) is 0 Å². The summed E-state index contributed by atoms with van der Waals surface area (Å²) in [6.07, 6.45) is 2.05. The molecular formula is C49H34N2SSi. The number of benzene rings is 8. The molecule has 2 heterocycles. The van der Waals surface area contributed by atoms with E-state index in [2.05, 4.69) is 211 Å². The quantitative estimate of drug-likeness (QED) is 0.121. The zero-order chi connectivity index (χ0) is 35.2. The molecule has 0 saturated carbocycles. The summed E-state index contributed by atoms with van der Waals surface area (Å²) in [6, 6.07) is 73.5. The first-order valence-electron chi connectivity index (χ1n) is 18.0. The van der Waals surface area contributed by atoms with Gasteiger partial charge >= 0.3 is 0 Å². The SMILES string of the molecule is c1ccc([Si](c2ccccc2)(c2ccccc2)c2ccc(N(c3ccc4ccccc4c3)c3ccc4c(c3)ncc3c5ccccc5sc43)cc2)cc1. The molecule has 4 heteroatoms. The number of rotatable bonds is 7. The van der Waals surface area contributed by atoms with Gasteiger partial charge in [-0.05, 0) is 80.1 Å². The Hall–Kier alpha value is -6.33. The third kappa shape index (κ3) is 5.26. The summed E-state index contributed by atoms with van der Waals surface area (Å²) in [4.78, 5) is 7.42. The van der Waals surface area contributed by atoms with E-state index in [1.54, 1.807) is 0 Å². The molecule has 250 valence electrons. The van der Waals surface area contributed by atoms with Crippen molar-refractivity contribution in [2.75, 3.05) is 4.90 Å². The maximum atomic E-state index is 5.04. The third-order valence-corrected chi connectivity index (χ3v) is 16.6. The second-order valence-electron chi connectivity index (χ2n) is 13.6. The van der Waals surface area contributed by atoms with E-state index in [-0.39, 0.29) is 0 Å². The maximum Gasteiger partial charge on any atom is 0.179 e. The topological polar surface area (TPSA) is 16.1 Å². The van der Waals surface area contributed by atoms with Crippen LogP contribution in [0.4, 0.5) is 17.1 Å². The standard InChI is InChI=1S/C49H34N2SSi/c1-4-16-40(17-5-1)53(41-18-6-2-7-19-41,42-20-8-3-9-21-42)43-29-26-37(27-30-43)51(38-25-24-35-14-10-11-15-36(35)32-38)39-28-31-45-47(33-39)50-34-46-44-22-12-13-23-48(44)52-49(45)46/h1-34H. The van der Waals surface area contributed by atoms with Crippen LogP contribution in [0.3, 0.4) is 0 Å². The van der Waals surface area contributed by atoms with Crippen LogP contribution in [0.1, 0.15) is 0 Å².